The molecule has 0 N–H and O–H groups in total. The summed E-state index contributed by atoms with van der Waals surface area (Å²) in [4.78, 5) is 26.6. The van der Waals surface area contributed by atoms with Crippen LogP contribution in [0.5, 0.6) is 0 Å². The van der Waals surface area contributed by atoms with E-state index < -0.39 is 0 Å². The monoisotopic (exact) mass is 350 g/mol. The van der Waals surface area contributed by atoms with Crippen LogP contribution in [0.15, 0.2) is 30.3 Å². The van der Waals surface area contributed by atoms with Gasteiger partial charge in [0.1, 0.15) is 5.82 Å². The van der Waals surface area contributed by atoms with Crippen LogP contribution in [0.3, 0.4) is 0 Å². The number of aromatic nitrogens is 2. The zero-order valence-corrected chi connectivity index (χ0v) is 15.6. The first-order valence-corrected chi connectivity index (χ1v) is 9.55. The molecular formula is C21H26N4O. The van der Waals surface area contributed by atoms with Gasteiger partial charge in [-0.3, -0.25) is 4.79 Å². The molecule has 1 aliphatic carbocycles. The van der Waals surface area contributed by atoms with Gasteiger partial charge in [0, 0.05) is 37.7 Å². The SMILES string of the molecule is CN(C)c1nc(-c2ccccc2)nc2c1CCN(C(=O)C1CCCC1)C2. The van der Waals surface area contributed by atoms with Crippen molar-refractivity contribution in [1.82, 2.24) is 14.9 Å². The Morgan fingerprint density at radius 3 is 2.54 bits per heavy atom. The van der Waals surface area contributed by atoms with Gasteiger partial charge < -0.3 is 9.80 Å². The lowest BCUT2D eigenvalue weighted by molar-refractivity contribution is -0.136. The third kappa shape index (κ3) is 3.18. The molecule has 4 rings (SSSR count). The Labute approximate surface area is 155 Å². The molecule has 2 heterocycles. The Kier molecular flexibility index (Phi) is 4.62. The molecule has 26 heavy (non-hydrogen) atoms. The van der Waals surface area contributed by atoms with Crippen LogP contribution < -0.4 is 4.90 Å². The van der Waals surface area contributed by atoms with Gasteiger partial charge in [-0.05, 0) is 19.3 Å². The number of amides is 1. The molecule has 0 radical (unpaired) electrons. The second-order valence-electron chi connectivity index (χ2n) is 7.55. The van der Waals surface area contributed by atoms with Crippen LogP contribution in [0.1, 0.15) is 36.9 Å². The van der Waals surface area contributed by atoms with E-state index in [-0.39, 0.29) is 5.92 Å². The third-order valence-corrected chi connectivity index (χ3v) is 5.51. The van der Waals surface area contributed by atoms with E-state index >= 15 is 0 Å². The van der Waals surface area contributed by atoms with Crippen LogP contribution in [0.25, 0.3) is 11.4 Å². The number of carbonyl (C=O) groups excluding carboxylic acids is 1. The second kappa shape index (κ2) is 7.06. The molecule has 0 saturated heterocycles. The number of carbonyl (C=O) groups is 1. The fourth-order valence-electron chi connectivity index (χ4n) is 4.12. The van der Waals surface area contributed by atoms with Gasteiger partial charge in [-0.15, -0.1) is 0 Å². The van der Waals surface area contributed by atoms with Crippen molar-refractivity contribution in [2.45, 2.75) is 38.6 Å². The summed E-state index contributed by atoms with van der Waals surface area (Å²) < 4.78 is 0. The van der Waals surface area contributed by atoms with Crippen LogP contribution in [0, 0.1) is 5.92 Å². The van der Waals surface area contributed by atoms with Crippen molar-refractivity contribution in [3.63, 3.8) is 0 Å². The highest BCUT2D eigenvalue weighted by atomic mass is 16.2. The highest BCUT2D eigenvalue weighted by molar-refractivity contribution is 5.79. The lowest BCUT2D eigenvalue weighted by atomic mass is 10.0. The molecule has 0 bridgehead atoms. The van der Waals surface area contributed by atoms with E-state index in [1.54, 1.807) is 0 Å². The third-order valence-electron chi connectivity index (χ3n) is 5.51. The van der Waals surface area contributed by atoms with E-state index in [0.29, 0.717) is 12.5 Å². The lowest BCUT2D eigenvalue weighted by Gasteiger charge is -2.32. The number of nitrogens with zero attached hydrogens (tertiary/aromatic N) is 4. The standard InChI is InChI=1S/C21H26N4O/c1-24(2)20-17-12-13-25(21(26)16-10-6-7-11-16)14-18(17)22-19(23-20)15-8-4-3-5-9-15/h3-5,8-9,16H,6-7,10-14H2,1-2H3. The van der Waals surface area contributed by atoms with Crippen molar-refractivity contribution in [3.8, 4) is 11.4 Å². The molecule has 1 aliphatic heterocycles. The molecule has 1 amide bonds. The summed E-state index contributed by atoms with van der Waals surface area (Å²) in [5, 5.41) is 0. The maximum atomic E-state index is 12.9. The summed E-state index contributed by atoms with van der Waals surface area (Å²) in [5.74, 6) is 2.25. The Hall–Kier alpha value is -2.43. The Balaban J connectivity index is 1.68. The summed E-state index contributed by atoms with van der Waals surface area (Å²) >= 11 is 0. The van der Waals surface area contributed by atoms with Crippen LogP contribution in [0.4, 0.5) is 5.82 Å². The lowest BCUT2D eigenvalue weighted by Crippen LogP contribution is -2.40. The van der Waals surface area contributed by atoms with E-state index in [2.05, 4.69) is 4.90 Å². The number of hydrogen-bond acceptors (Lipinski definition) is 4. The van der Waals surface area contributed by atoms with E-state index in [1.165, 1.54) is 18.4 Å². The normalized spacial score (nSPS) is 17.2. The Morgan fingerprint density at radius 2 is 1.85 bits per heavy atom. The molecule has 2 aliphatic rings. The highest BCUT2D eigenvalue weighted by Crippen LogP contribution is 2.31. The summed E-state index contributed by atoms with van der Waals surface area (Å²) in [6.07, 6.45) is 5.29. The summed E-state index contributed by atoms with van der Waals surface area (Å²) in [7, 11) is 4.04. The predicted molar refractivity (Wildman–Crippen MR) is 103 cm³/mol. The number of rotatable bonds is 3. The van der Waals surface area contributed by atoms with Crippen LogP contribution in [-0.4, -0.2) is 41.4 Å². The highest BCUT2D eigenvalue weighted by Gasteiger charge is 2.31. The minimum absolute atomic E-state index is 0.223. The van der Waals surface area contributed by atoms with E-state index in [0.717, 1.165) is 48.7 Å². The van der Waals surface area contributed by atoms with Gasteiger partial charge in [0.05, 0.1) is 12.2 Å². The Morgan fingerprint density at radius 1 is 1.12 bits per heavy atom. The number of hydrogen-bond donors (Lipinski definition) is 0. The van der Waals surface area contributed by atoms with E-state index in [1.807, 2.05) is 49.3 Å². The maximum Gasteiger partial charge on any atom is 0.226 e. The topological polar surface area (TPSA) is 49.3 Å². The molecule has 1 saturated carbocycles. The number of fused-ring (bicyclic) bond motifs is 1. The van der Waals surface area contributed by atoms with Crippen LogP contribution >= 0.6 is 0 Å². The van der Waals surface area contributed by atoms with Gasteiger partial charge in [0.25, 0.3) is 0 Å². The van der Waals surface area contributed by atoms with E-state index in [4.69, 9.17) is 9.97 Å². The fourth-order valence-corrected chi connectivity index (χ4v) is 4.12. The average molecular weight is 350 g/mol. The second-order valence-corrected chi connectivity index (χ2v) is 7.55. The molecule has 1 aromatic heterocycles. The van der Waals surface area contributed by atoms with Crippen LogP contribution in [-0.2, 0) is 17.8 Å². The smallest absolute Gasteiger partial charge is 0.226 e. The van der Waals surface area contributed by atoms with Crippen LogP contribution in [0.2, 0.25) is 0 Å². The minimum Gasteiger partial charge on any atom is -0.362 e. The molecule has 5 heteroatoms. The first kappa shape index (κ1) is 17.0. The number of anilines is 1. The van der Waals surface area contributed by atoms with Crippen molar-refractivity contribution < 1.29 is 4.79 Å². The first-order chi connectivity index (χ1) is 12.6. The number of benzene rings is 1. The molecule has 1 aromatic carbocycles. The van der Waals surface area contributed by atoms with Gasteiger partial charge in [-0.25, -0.2) is 9.97 Å². The zero-order chi connectivity index (χ0) is 18.1. The summed E-state index contributed by atoms with van der Waals surface area (Å²) in [5.41, 5.74) is 3.20. The van der Waals surface area contributed by atoms with Crippen molar-refractivity contribution >= 4 is 11.7 Å². The quantitative estimate of drug-likeness (QED) is 0.852. The molecule has 0 spiro atoms. The molecule has 5 nitrogen and oxygen atoms in total. The molecular weight excluding hydrogens is 324 g/mol. The Bertz CT molecular complexity index is 797. The van der Waals surface area contributed by atoms with Gasteiger partial charge in [0.2, 0.25) is 5.91 Å². The maximum absolute atomic E-state index is 12.9. The molecule has 2 aromatic rings. The summed E-state index contributed by atoms with van der Waals surface area (Å²) in [6.45, 7) is 1.38. The molecule has 1 fully saturated rings. The van der Waals surface area contributed by atoms with Gasteiger partial charge in [-0.2, -0.15) is 0 Å². The van der Waals surface area contributed by atoms with Gasteiger partial charge in [-0.1, -0.05) is 43.2 Å². The molecule has 136 valence electrons. The van der Waals surface area contributed by atoms with Gasteiger partial charge in [0.15, 0.2) is 5.82 Å². The van der Waals surface area contributed by atoms with Crippen molar-refractivity contribution in [2.24, 2.45) is 5.92 Å². The first-order valence-electron chi connectivity index (χ1n) is 9.55. The largest absolute Gasteiger partial charge is 0.362 e. The van der Waals surface area contributed by atoms with E-state index in [9.17, 15) is 4.79 Å². The zero-order valence-electron chi connectivity index (χ0n) is 15.6. The van der Waals surface area contributed by atoms with Gasteiger partial charge >= 0.3 is 0 Å². The predicted octanol–water partition coefficient (Wildman–Crippen LogP) is 3.28. The van der Waals surface area contributed by atoms with Crippen molar-refractivity contribution in [3.05, 3.63) is 41.6 Å². The fraction of sp³-hybridized carbons (Fsp3) is 0.476. The van der Waals surface area contributed by atoms with Crippen molar-refractivity contribution in [2.75, 3.05) is 25.5 Å². The summed E-state index contributed by atoms with van der Waals surface area (Å²) in [6, 6.07) is 10.1. The average Bonchev–Trinajstić information content (AvgIpc) is 3.21. The minimum atomic E-state index is 0.223. The molecule has 0 atom stereocenters. The molecule has 0 unspecified atom stereocenters. The van der Waals surface area contributed by atoms with Crippen molar-refractivity contribution in [1.29, 1.82) is 0 Å².